The van der Waals surface area contributed by atoms with Gasteiger partial charge in [0.2, 0.25) is 0 Å². The van der Waals surface area contributed by atoms with Crippen LogP contribution in [0.5, 0.6) is 0 Å². The van der Waals surface area contributed by atoms with Crippen LogP contribution >= 0.6 is 0 Å². The smallest absolute Gasteiger partial charge is 0.321 e. The fourth-order valence-corrected chi connectivity index (χ4v) is 2.62. The van der Waals surface area contributed by atoms with Gasteiger partial charge in [-0.3, -0.25) is 10.1 Å². The Bertz CT molecular complexity index is 706. The van der Waals surface area contributed by atoms with E-state index in [1.807, 2.05) is 43.4 Å². The first-order chi connectivity index (χ1) is 11.5. The van der Waals surface area contributed by atoms with Crippen LogP contribution in [0, 0.1) is 5.82 Å². The summed E-state index contributed by atoms with van der Waals surface area (Å²) in [6, 6.07) is 14.3. The minimum Gasteiger partial charge on any atom is -0.341 e. The van der Waals surface area contributed by atoms with Gasteiger partial charge in [0.25, 0.3) is 5.91 Å². The minimum absolute atomic E-state index is 0.314. The summed E-state index contributed by atoms with van der Waals surface area (Å²) in [5, 5.41) is 4.69. The molecular weight excluding hydrogens is 309 g/mol. The lowest BCUT2D eigenvalue weighted by molar-refractivity contribution is -0.916. The minimum atomic E-state index is -0.591. The molecule has 0 aliphatic rings. The molecule has 24 heavy (non-hydrogen) atoms. The van der Waals surface area contributed by atoms with E-state index in [2.05, 4.69) is 10.6 Å². The molecule has 2 aromatic rings. The Kier molecular flexibility index (Phi) is 6.03. The van der Waals surface area contributed by atoms with E-state index in [0.717, 1.165) is 16.0 Å². The highest BCUT2D eigenvalue weighted by atomic mass is 19.1. The lowest BCUT2D eigenvalue weighted by Crippen LogP contribution is -3.09. The van der Waals surface area contributed by atoms with Crippen molar-refractivity contribution in [2.75, 3.05) is 14.1 Å². The molecule has 3 N–H and O–H groups in total. The van der Waals surface area contributed by atoms with Crippen molar-refractivity contribution in [1.82, 2.24) is 10.6 Å². The van der Waals surface area contributed by atoms with E-state index in [-0.39, 0.29) is 5.82 Å². The van der Waals surface area contributed by atoms with Gasteiger partial charge in [-0.1, -0.05) is 42.5 Å². The molecule has 0 aliphatic carbocycles. The quantitative estimate of drug-likeness (QED) is 0.767. The highest BCUT2D eigenvalue weighted by molar-refractivity contribution is 5.96. The molecule has 0 bridgehead atoms. The third-order valence-corrected chi connectivity index (χ3v) is 3.72. The molecule has 6 heteroatoms. The molecule has 0 heterocycles. The number of carbonyl (C=O) groups is 2. The Balaban J connectivity index is 2.24. The summed E-state index contributed by atoms with van der Waals surface area (Å²) in [4.78, 5) is 24.9. The molecule has 2 rings (SSSR count). The van der Waals surface area contributed by atoms with Crippen molar-refractivity contribution in [3.63, 3.8) is 0 Å². The number of amides is 3. The van der Waals surface area contributed by atoms with E-state index in [1.165, 1.54) is 19.2 Å². The van der Waals surface area contributed by atoms with Crippen LogP contribution < -0.4 is 15.5 Å². The molecule has 0 aromatic heterocycles. The highest BCUT2D eigenvalue weighted by Gasteiger charge is 2.30. The Morgan fingerprint density at radius 3 is 2.46 bits per heavy atom. The van der Waals surface area contributed by atoms with Crippen LogP contribution in [0.1, 0.15) is 17.2 Å². The number of carbonyl (C=O) groups excluding carboxylic acids is 2. The molecule has 0 aliphatic heterocycles. The summed E-state index contributed by atoms with van der Waals surface area (Å²) in [5.41, 5.74) is 1.56. The van der Waals surface area contributed by atoms with Gasteiger partial charge < -0.3 is 10.2 Å². The lowest BCUT2D eigenvalue weighted by Gasteiger charge is -2.24. The first-order valence-corrected chi connectivity index (χ1v) is 7.65. The number of nitrogens with one attached hydrogen (secondary N) is 3. The predicted octanol–water partition coefficient (Wildman–Crippen LogP) is 1.04. The SMILES string of the molecule is CNC(=O)NC(=O)[C@@H](c1ccccc1)[NH+](C)Cc1cccc(F)c1. The number of rotatable bonds is 5. The largest absolute Gasteiger partial charge is 0.341 e. The van der Waals surface area contributed by atoms with E-state index in [0.29, 0.717) is 6.54 Å². The van der Waals surface area contributed by atoms with Crippen molar-refractivity contribution >= 4 is 11.9 Å². The topological polar surface area (TPSA) is 62.6 Å². The Hall–Kier alpha value is -2.73. The molecule has 2 atom stereocenters. The maximum atomic E-state index is 13.4. The number of quaternary nitrogens is 1. The van der Waals surface area contributed by atoms with E-state index in [9.17, 15) is 14.0 Å². The van der Waals surface area contributed by atoms with Crippen molar-refractivity contribution in [2.45, 2.75) is 12.6 Å². The monoisotopic (exact) mass is 330 g/mol. The summed E-state index contributed by atoms with van der Waals surface area (Å²) in [6.07, 6.45) is 0. The second kappa shape index (κ2) is 8.21. The van der Waals surface area contributed by atoms with Crippen LogP contribution in [0.15, 0.2) is 54.6 Å². The standard InChI is InChI=1S/C18H20FN3O2/c1-20-18(24)21-17(23)16(14-8-4-3-5-9-14)22(2)12-13-7-6-10-15(19)11-13/h3-11,16H,12H2,1-2H3,(H2,20,21,23,24)/p+1/t16-/m1/s1. The molecule has 1 unspecified atom stereocenters. The number of hydrogen-bond acceptors (Lipinski definition) is 2. The van der Waals surface area contributed by atoms with Gasteiger partial charge in [-0.15, -0.1) is 0 Å². The normalized spacial score (nSPS) is 13.0. The second-order valence-corrected chi connectivity index (χ2v) is 5.57. The summed E-state index contributed by atoms with van der Waals surface area (Å²) >= 11 is 0. The maximum Gasteiger partial charge on any atom is 0.321 e. The van der Waals surface area contributed by atoms with Gasteiger partial charge >= 0.3 is 6.03 Å². The molecule has 0 saturated carbocycles. The summed E-state index contributed by atoms with van der Waals surface area (Å²) in [7, 11) is 3.29. The summed E-state index contributed by atoms with van der Waals surface area (Å²) < 4.78 is 13.4. The molecule has 0 fully saturated rings. The predicted molar refractivity (Wildman–Crippen MR) is 88.8 cm³/mol. The van der Waals surface area contributed by atoms with Crippen molar-refractivity contribution in [2.24, 2.45) is 0 Å². The van der Waals surface area contributed by atoms with Gasteiger partial charge in [-0.25, -0.2) is 9.18 Å². The van der Waals surface area contributed by atoms with Gasteiger partial charge in [0.15, 0.2) is 6.04 Å². The van der Waals surface area contributed by atoms with E-state index >= 15 is 0 Å². The zero-order valence-electron chi connectivity index (χ0n) is 13.7. The second-order valence-electron chi connectivity index (χ2n) is 5.57. The zero-order chi connectivity index (χ0) is 17.5. The molecule has 126 valence electrons. The fourth-order valence-electron chi connectivity index (χ4n) is 2.62. The van der Waals surface area contributed by atoms with Gasteiger partial charge in [-0.05, 0) is 12.1 Å². The zero-order valence-corrected chi connectivity index (χ0v) is 13.7. The highest BCUT2D eigenvalue weighted by Crippen LogP contribution is 2.10. The average Bonchev–Trinajstić information content (AvgIpc) is 2.55. The molecule has 0 radical (unpaired) electrons. The van der Waals surface area contributed by atoms with Gasteiger partial charge in [0, 0.05) is 18.2 Å². The van der Waals surface area contributed by atoms with Crippen LogP contribution in [-0.4, -0.2) is 26.0 Å². The Morgan fingerprint density at radius 2 is 1.83 bits per heavy atom. The lowest BCUT2D eigenvalue weighted by atomic mass is 10.0. The van der Waals surface area contributed by atoms with Crippen LogP contribution in [0.4, 0.5) is 9.18 Å². The van der Waals surface area contributed by atoms with Crippen molar-refractivity contribution in [3.05, 3.63) is 71.5 Å². The molecule has 3 amide bonds. The molecule has 0 saturated heterocycles. The Labute approximate surface area is 140 Å². The summed E-state index contributed by atoms with van der Waals surface area (Å²) in [5.74, 6) is -0.721. The van der Waals surface area contributed by atoms with Crippen molar-refractivity contribution in [1.29, 1.82) is 0 Å². The third kappa shape index (κ3) is 4.63. The van der Waals surface area contributed by atoms with Crippen LogP contribution in [0.2, 0.25) is 0 Å². The number of likely N-dealkylation sites (N-methyl/N-ethyl adjacent to an activating group) is 1. The van der Waals surface area contributed by atoms with Gasteiger partial charge in [0.05, 0.1) is 7.05 Å². The van der Waals surface area contributed by atoms with Gasteiger partial charge in [-0.2, -0.15) is 0 Å². The number of imide groups is 1. The maximum absolute atomic E-state index is 13.4. The number of halogens is 1. The van der Waals surface area contributed by atoms with E-state index in [4.69, 9.17) is 0 Å². The Morgan fingerprint density at radius 1 is 1.12 bits per heavy atom. The third-order valence-electron chi connectivity index (χ3n) is 3.72. The molecule has 2 aromatic carbocycles. The van der Waals surface area contributed by atoms with E-state index in [1.54, 1.807) is 6.07 Å². The number of benzene rings is 2. The van der Waals surface area contributed by atoms with Gasteiger partial charge in [0.1, 0.15) is 12.4 Å². The number of urea groups is 1. The van der Waals surface area contributed by atoms with Crippen molar-refractivity contribution in [3.8, 4) is 0 Å². The molecule has 5 nitrogen and oxygen atoms in total. The first kappa shape index (κ1) is 17.6. The molecule has 0 spiro atoms. The summed E-state index contributed by atoms with van der Waals surface area (Å²) in [6.45, 7) is 0.443. The molecular formula is C18H21FN3O2+. The fraction of sp³-hybridized carbons (Fsp3) is 0.222. The van der Waals surface area contributed by atoms with Crippen LogP contribution in [0.3, 0.4) is 0 Å². The van der Waals surface area contributed by atoms with Crippen molar-refractivity contribution < 1.29 is 18.9 Å². The van der Waals surface area contributed by atoms with Crippen LogP contribution in [-0.2, 0) is 11.3 Å². The van der Waals surface area contributed by atoms with Crippen LogP contribution in [0.25, 0.3) is 0 Å². The number of hydrogen-bond donors (Lipinski definition) is 3. The van der Waals surface area contributed by atoms with E-state index < -0.39 is 18.0 Å². The first-order valence-electron chi connectivity index (χ1n) is 7.65. The average molecular weight is 330 g/mol.